The fourth-order valence-electron chi connectivity index (χ4n) is 1.29. The number of ketones is 1. The van der Waals surface area contributed by atoms with Crippen LogP contribution in [0.25, 0.3) is 0 Å². The molecule has 0 aliphatic carbocycles. The first-order chi connectivity index (χ1) is 7.72. The van der Waals surface area contributed by atoms with E-state index in [9.17, 15) is 4.79 Å². The van der Waals surface area contributed by atoms with E-state index in [4.69, 9.17) is 14.2 Å². The molecule has 4 heteroatoms. The van der Waals surface area contributed by atoms with E-state index in [2.05, 4.69) is 0 Å². The van der Waals surface area contributed by atoms with Crippen molar-refractivity contribution in [2.24, 2.45) is 0 Å². The van der Waals surface area contributed by atoms with Crippen LogP contribution in [0.2, 0.25) is 0 Å². The van der Waals surface area contributed by atoms with Crippen LogP contribution in [0.1, 0.15) is 23.7 Å². The molecule has 88 valence electrons. The van der Waals surface area contributed by atoms with Crippen LogP contribution in [-0.4, -0.2) is 26.5 Å². The number of para-hydroxylation sites is 1. The molecule has 0 aliphatic heterocycles. The second-order valence-electron chi connectivity index (χ2n) is 3.15. The van der Waals surface area contributed by atoms with Crippen molar-refractivity contribution >= 4 is 5.78 Å². The van der Waals surface area contributed by atoms with Gasteiger partial charge in [-0.15, -0.1) is 0 Å². The SMILES string of the molecule is CCC(=O)c1ccccc1OC(OC)OC. The van der Waals surface area contributed by atoms with Gasteiger partial charge in [-0.2, -0.15) is 0 Å². The summed E-state index contributed by atoms with van der Waals surface area (Å²) in [4.78, 5) is 11.6. The first-order valence-corrected chi connectivity index (χ1v) is 5.07. The molecular formula is C12H16O4. The molecule has 0 aromatic heterocycles. The first kappa shape index (κ1) is 12.7. The lowest BCUT2D eigenvalue weighted by molar-refractivity contribution is -0.219. The third-order valence-corrected chi connectivity index (χ3v) is 2.12. The molecule has 16 heavy (non-hydrogen) atoms. The number of Topliss-reactive ketones (excluding diaryl/α,β-unsaturated/α-hetero) is 1. The Kier molecular flexibility index (Phi) is 4.95. The molecule has 0 unspecified atom stereocenters. The lowest BCUT2D eigenvalue weighted by Gasteiger charge is -2.16. The molecule has 0 bridgehead atoms. The predicted molar refractivity (Wildman–Crippen MR) is 59.5 cm³/mol. The standard InChI is InChI=1S/C12H16O4/c1-4-10(13)9-7-5-6-8-11(9)16-12(14-2)15-3/h5-8,12H,4H2,1-3H3. The average Bonchev–Trinajstić information content (AvgIpc) is 2.35. The summed E-state index contributed by atoms with van der Waals surface area (Å²) < 4.78 is 15.2. The molecule has 0 saturated heterocycles. The highest BCUT2D eigenvalue weighted by Gasteiger charge is 2.14. The average molecular weight is 224 g/mol. The number of methoxy groups -OCH3 is 2. The summed E-state index contributed by atoms with van der Waals surface area (Å²) >= 11 is 0. The van der Waals surface area contributed by atoms with Crippen molar-refractivity contribution in [2.75, 3.05) is 14.2 Å². The van der Waals surface area contributed by atoms with Gasteiger partial charge in [0.25, 0.3) is 0 Å². The number of hydrogen-bond acceptors (Lipinski definition) is 4. The predicted octanol–water partition coefficient (Wildman–Crippen LogP) is 2.23. The summed E-state index contributed by atoms with van der Waals surface area (Å²) in [6, 6.07) is 7.03. The van der Waals surface area contributed by atoms with Crippen molar-refractivity contribution in [3.63, 3.8) is 0 Å². The smallest absolute Gasteiger partial charge is 0.315 e. The summed E-state index contributed by atoms with van der Waals surface area (Å²) in [5, 5.41) is 0. The molecule has 0 atom stereocenters. The van der Waals surface area contributed by atoms with Crippen LogP contribution in [0.3, 0.4) is 0 Å². The van der Waals surface area contributed by atoms with Crippen molar-refractivity contribution in [1.29, 1.82) is 0 Å². The van der Waals surface area contributed by atoms with Crippen molar-refractivity contribution in [3.8, 4) is 5.75 Å². The van der Waals surface area contributed by atoms with E-state index in [1.165, 1.54) is 14.2 Å². The van der Waals surface area contributed by atoms with Gasteiger partial charge >= 0.3 is 6.48 Å². The number of carbonyl (C=O) groups excluding carboxylic acids is 1. The van der Waals surface area contributed by atoms with E-state index in [0.29, 0.717) is 17.7 Å². The quantitative estimate of drug-likeness (QED) is 0.549. The Bertz CT molecular complexity index is 345. The third-order valence-electron chi connectivity index (χ3n) is 2.12. The number of hydrogen-bond donors (Lipinski definition) is 0. The molecule has 0 fully saturated rings. The zero-order chi connectivity index (χ0) is 12.0. The molecule has 0 saturated carbocycles. The van der Waals surface area contributed by atoms with E-state index in [1.807, 2.05) is 6.92 Å². The van der Waals surface area contributed by atoms with Gasteiger partial charge in [0.2, 0.25) is 0 Å². The molecule has 0 heterocycles. The van der Waals surface area contributed by atoms with Crippen LogP contribution in [-0.2, 0) is 9.47 Å². The molecule has 0 radical (unpaired) electrons. The molecule has 4 nitrogen and oxygen atoms in total. The summed E-state index contributed by atoms with van der Waals surface area (Å²) in [5.74, 6) is 0.504. The maximum Gasteiger partial charge on any atom is 0.315 e. The van der Waals surface area contributed by atoms with Crippen LogP contribution < -0.4 is 4.74 Å². The Morgan fingerprint density at radius 2 is 1.88 bits per heavy atom. The Hall–Kier alpha value is -1.39. The van der Waals surface area contributed by atoms with Gasteiger partial charge < -0.3 is 14.2 Å². The number of carbonyl (C=O) groups is 1. The van der Waals surface area contributed by atoms with Gasteiger partial charge in [0, 0.05) is 20.6 Å². The normalized spacial score (nSPS) is 10.5. The molecule has 0 N–H and O–H groups in total. The maximum atomic E-state index is 11.6. The largest absolute Gasteiger partial charge is 0.440 e. The van der Waals surface area contributed by atoms with Gasteiger partial charge in [-0.1, -0.05) is 19.1 Å². The van der Waals surface area contributed by atoms with E-state index < -0.39 is 6.48 Å². The minimum Gasteiger partial charge on any atom is -0.440 e. The van der Waals surface area contributed by atoms with Crippen LogP contribution in [0.4, 0.5) is 0 Å². The van der Waals surface area contributed by atoms with Crippen molar-refractivity contribution in [1.82, 2.24) is 0 Å². The molecule has 1 aromatic rings. The topological polar surface area (TPSA) is 44.8 Å². The van der Waals surface area contributed by atoms with Gasteiger partial charge in [0.05, 0.1) is 5.56 Å². The van der Waals surface area contributed by atoms with Crippen LogP contribution in [0.15, 0.2) is 24.3 Å². The highest BCUT2D eigenvalue weighted by atomic mass is 16.8. The third kappa shape index (κ3) is 3.05. The zero-order valence-electron chi connectivity index (χ0n) is 9.73. The summed E-state index contributed by atoms with van der Waals surface area (Å²) in [6.07, 6.45) is 0.436. The minimum absolute atomic E-state index is 0.0292. The van der Waals surface area contributed by atoms with Gasteiger partial charge in [0.15, 0.2) is 5.78 Å². The summed E-state index contributed by atoms with van der Waals surface area (Å²) in [7, 11) is 2.94. The summed E-state index contributed by atoms with van der Waals surface area (Å²) in [5.41, 5.74) is 0.545. The monoisotopic (exact) mass is 224 g/mol. The van der Waals surface area contributed by atoms with E-state index in [1.54, 1.807) is 24.3 Å². The zero-order valence-corrected chi connectivity index (χ0v) is 9.73. The lowest BCUT2D eigenvalue weighted by Crippen LogP contribution is -2.21. The molecule has 0 spiro atoms. The molecular weight excluding hydrogens is 208 g/mol. The van der Waals surface area contributed by atoms with Gasteiger partial charge in [-0.25, -0.2) is 0 Å². The Balaban J connectivity index is 2.90. The van der Waals surface area contributed by atoms with Crippen molar-refractivity contribution < 1.29 is 19.0 Å². The Morgan fingerprint density at radius 3 is 2.44 bits per heavy atom. The number of benzene rings is 1. The molecule has 0 amide bonds. The second kappa shape index (κ2) is 6.25. The number of rotatable bonds is 6. The van der Waals surface area contributed by atoms with Crippen LogP contribution >= 0.6 is 0 Å². The molecule has 1 rings (SSSR count). The van der Waals surface area contributed by atoms with E-state index in [0.717, 1.165) is 0 Å². The van der Waals surface area contributed by atoms with Crippen molar-refractivity contribution in [3.05, 3.63) is 29.8 Å². The van der Waals surface area contributed by atoms with Crippen molar-refractivity contribution in [2.45, 2.75) is 19.8 Å². The van der Waals surface area contributed by atoms with E-state index in [-0.39, 0.29) is 5.78 Å². The molecule has 0 aliphatic rings. The summed E-state index contributed by atoms with van der Waals surface area (Å²) in [6.45, 7) is 1.01. The maximum absolute atomic E-state index is 11.6. The van der Waals surface area contributed by atoms with Crippen LogP contribution in [0, 0.1) is 0 Å². The van der Waals surface area contributed by atoms with Crippen LogP contribution in [0.5, 0.6) is 5.75 Å². The molecule has 1 aromatic carbocycles. The fraction of sp³-hybridized carbons (Fsp3) is 0.417. The van der Waals surface area contributed by atoms with Gasteiger partial charge in [-0.3, -0.25) is 4.79 Å². The van der Waals surface area contributed by atoms with Gasteiger partial charge in [-0.05, 0) is 12.1 Å². The first-order valence-electron chi connectivity index (χ1n) is 5.07. The lowest BCUT2D eigenvalue weighted by atomic mass is 10.1. The minimum atomic E-state index is -0.800. The number of ether oxygens (including phenoxy) is 3. The second-order valence-corrected chi connectivity index (χ2v) is 3.15. The van der Waals surface area contributed by atoms with Gasteiger partial charge in [0.1, 0.15) is 5.75 Å². The van der Waals surface area contributed by atoms with E-state index >= 15 is 0 Å². The fourth-order valence-corrected chi connectivity index (χ4v) is 1.29. The highest BCUT2D eigenvalue weighted by Crippen LogP contribution is 2.21. The highest BCUT2D eigenvalue weighted by molar-refractivity contribution is 5.98. The Labute approximate surface area is 95.1 Å². The Morgan fingerprint density at radius 1 is 1.25 bits per heavy atom.